The summed E-state index contributed by atoms with van der Waals surface area (Å²) in [5, 5.41) is 3.25. The molecule has 1 fully saturated rings. The van der Waals surface area contributed by atoms with Crippen LogP contribution in [0.4, 0.5) is 0 Å². The lowest BCUT2D eigenvalue weighted by molar-refractivity contribution is 0.0677. The van der Waals surface area contributed by atoms with Gasteiger partial charge in [0.2, 0.25) is 0 Å². The van der Waals surface area contributed by atoms with Crippen LogP contribution in [0.25, 0.3) is 0 Å². The molecule has 0 aliphatic carbocycles. The molecule has 1 aliphatic rings. The lowest BCUT2D eigenvalue weighted by Gasteiger charge is -2.42. The van der Waals surface area contributed by atoms with Crippen molar-refractivity contribution in [3.8, 4) is 0 Å². The Bertz CT molecular complexity index is 1310. The van der Waals surface area contributed by atoms with Crippen LogP contribution in [0.3, 0.4) is 0 Å². The number of piperidine rings is 1. The van der Waals surface area contributed by atoms with E-state index in [1.165, 1.54) is 57.6 Å². The van der Waals surface area contributed by atoms with Gasteiger partial charge in [-0.05, 0) is 105 Å². The molecule has 216 valence electrons. The van der Waals surface area contributed by atoms with E-state index >= 15 is 0 Å². The second-order valence-corrected chi connectivity index (χ2v) is 11.6. The Hall–Kier alpha value is -3.34. The molecule has 1 aliphatic heterocycles. The Balaban J connectivity index is 0.000000328. The summed E-state index contributed by atoms with van der Waals surface area (Å²) < 4.78 is 0. The zero-order valence-corrected chi connectivity index (χ0v) is 25.9. The van der Waals surface area contributed by atoms with Crippen LogP contribution in [-0.2, 0) is 13.1 Å². The summed E-state index contributed by atoms with van der Waals surface area (Å²) in [6, 6.07) is 26.6. The zero-order valence-electron chi connectivity index (χ0n) is 25.9. The Kier molecular flexibility index (Phi) is 11.2. The molecule has 0 radical (unpaired) electrons. The molecule has 2 aromatic heterocycles. The summed E-state index contributed by atoms with van der Waals surface area (Å²) in [4.78, 5) is 12.3. The summed E-state index contributed by atoms with van der Waals surface area (Å²) >= 11 is 0. The van der Waals surface area contributed by atoms with Gasteiger partial charge in [0.1, 0.15) is 0 Å². The number of aromatic nitrogens is 2. The van der Waals surface area contributed by atoms with Gasteiger partial charge in [0.25, 0.3) is 0 Å². The number of hydrogen-bond acceptors (Lipinski definition) is 4. The number of aryl methyl sites for hydroxylation is 3. The van der Waals surface area contributed by atoms with Crippen LogP contribution >= 0.6 is 0 Å². The van der Waals surface area contributed by atoms with Gasteiger partial charge in [0, 0.05) is 25.5 Å². The van der Waals surface area contributed by atoms with E-state index in [0.717, 1.165) is 25.9 Å². The molecular weight excluding hydrogens is 500 g/mol. The highest BCUT2D eigenvalue weighted by molar-refractivity contribution is 5.33. The van der Waals surface area contributed by atoms with Crippen LogP contribution in [0.2, 0.25) is 0 Å². The lowest BCUT2D eigenvalue weighted by Crippen LogP contribution is -2.37. The molecule has 0 amide bonds. The first-order valence-electron chi connectivity index (χ1n) is 15.3. The fraction of sp³-hybridized carbons (Fsp3) is 0.405. The first kappa shape index (κ1) is 30.6. The van der Waals surface area contributed by atoms with Crippen molar-refractivity contribution in [2.24, 2.45) is 0 Å². The van der Waals surface area contributed by atoms with Crippen molar-refractivity contribution in [2.75, 3.05) is 7.05 Å². The Morgan fingerprint density at radius 1 is 0.805 bits per heavy atom. The summed E-state index contributed by atoms with van der Waals surface area (Å²) in [6.07, 6.45) is 8.57. The normalized spacial score (nSPS) is 17.9. The van der Waals surface area contributed by atoms with Gasteiger partial charge >= 0.3 is 0 Å². The third-order valence-corrected chi connectivity index (χ3v) is 8.61. The molecule has 1 N–H and O–H groups in total. The molecule has 4 heteroatoms. The third-order valence-electron chi connectivity index (χ3n) is 8.61. The highest BCUT2D eigenvalue weighted by atomic mass is 15.2. The van der Waals surface area contributed by atoms with Gasteiger partial charge in [-0.3, -0.25) is 14.9 Å². The highest BCUT2D eigenvalue weighted by Gasteiger charge is 2.35. The van der Waals surface area contributed by atoms with E-state index in [-0.39, 0.29) is 0 Å². The minimum atomic E-state index is 0.303. The summed E-state index contributed by atoms with van der Waals surface area (Å²) in [7, 11) is 2.00. The summed E-state index contributed by atoms with van der Waals surface area (Å²) in [6.45, 7) is 12.9. The molecule has 0 saturated carbocycles. The van der Waals surface area contributed by atoms with Crippen molar-refractivity contribution in [1.29, 1.82) is 0 Å². The average Bonchev–Trinajstić information content (AvgIpc) is 3.00. The van der Waals surface area contributed by atoms with Crippen molar-refractivity contribution >= 4 is 0 Å². The van der Waals surface area contributed by atoms with E-state index in [2.05, 4.69) is 105 Å². The second-order valence-electron chi connectivity index (χ2n) is 11.6. The van der Waals surface area contributed by atoms with Crippen LogP contribution in [0.5, 0.6) is 0 Å². The molecule has 5 rings (SSSR count). The number of benzene rings is 2. The Morgan fingerprint density at radius 2 is 1.41 bits per heavy atom. The molecule has 0 bridgehead atoms. The van der Waals surface area contributed by atoms with Gasteiger partial charge in [0.05, 0.1) is 23.5 Å². The van der Waals surface area contributed by atoms with Gasteiger partial charge in [-0.1, -0.05) is 74.5 Å². The zero-order chi connectivity index (χ0) is 29.2. The summed E-state index contributed by atoms with van der Waals surface area (Å²) in [5.41, 5.74) is 10.5. The summed E-state index contributed by atoms with van der Waals surface area (Å²) in [5.74, 6) is 0.709. The molecule has 4 aromatic rings. The molecule has 0 spiro atoms. The van der Waals surface area contributed by atoms with E-state index < -0.39 is 0 Å². The SMILES string of the molecule is CCC(C)c1ccccc1.CNCc1ccc(CN2C(c3ncccc3C)CCCC2c2ncccc2C)c(C)c1. The lowest BCUT2D eigenvalue weighted by atomic mass is 9.88. The fourth-order valence-corrected chi connectivity index (χ4v) is 6.02. The van der Waals surface area contributed by atoms with Crippen molar-refractivity contribution in [3.63, 3.8) is 0 Å². The second kappa shape index (κ2) is 15.0. The molecular formula is C37H48N4. The van der Waals surface area contributed by atoms with Crippen molar-refractivity contribution in [1.82, 2.24) is 20.2 Å². The maximum absolute atomic E-state index is 4.83. The predicted octanol–water partition coefficient (Wildman–Crippen LogP) is 8.79. The quantitative estimate of drug-likeness (QED) is 0.239. The molecule has 3 heterocycles. The van der Waals surface area contributed by atoms with E-state index in [9.17, 15) is 0 Å². The number of hydrogen-bond donors (Lipinski definition) is 1. The average molecular weight is 549 g/mol. The first-order chi connectivity index (χ1) is 19.9. The topological polar surface area (TPSA) is 41.0 Å². The highest BCUT2D eigenvalue weighted by Crippen LogP contribution is 2.43. The van der Waals surface area contributed by atoms with Crippen molar-refractivity contribution in [2.45, 2.75) is 91.4 Å². The van der Waals surface area contributed by atoms with Crippen LogP contribution in [0.1, 0.15) is 102 Å². The molecule has 3 atom stereocenters. The van der Waals surface area contributed by atoms with Gasteiger partial charge < -0.3 is 5.32 Å². The van der Waals surface area contributed by atoms with Gasteiger partial charge in [-0.2, -0.15) is 0 Å². The molecule has 4 nitrogen and oxygen atoms in total. The monoisotopic (exact) mass is 548 g/mol. The van der Waals surface area contributed by atoms with E-state index in [1.807, 2.05) is 31.6 Å². The molecule has 2 aromatic carbocycles. The van der Waals surface area contributed by atoms with Gasteiger partial charge in [0.15, 0.2) is 0 Å². The van der Waals surface area contributed by atoms with Gasteiger partial charge in [-0.25, -0.2) is 0 Å². The largest absolute Gasteiger partial charge is 0.316 e. The smallest absolute Gasteiger partial charge is 0.0604 e. The molecule has 3 unspecified atom stereocenters. The van der Waals surface area contributed by atoms with Crippen molar-refractivity contribution in [3.05, 3.63) is 130 Å². The van der Waals surface area contributed by atoms with E-state index in [4.69, 9.17) is 9.97 Å². The number of nitrogens with one attached hydrogen (secondary N) is 1. The first-order valence-corrected chi connectivity index (χ1v) is 15.3. The van der Waals surface area contributed by atoms with Gasteiger partial charge in [-0.15, -0.1) is 0 Å². The molecule has 41 heavy (non-hydrogen) atoms. The van der Waals surface area contributed by atoms with E-state index in [1.54, 1.807) is 0 Å². The number of likely N-dealkylation sites (tertiary alicyclic amines) is 1. The minimum absolute atomic E-state index is 0.303. The Labute approximate surface area is 248 Å². The maximum atomic E-state index is 4.83. The van der Waals surface area contributed by atoms with Crippen LogP contribution in [0, 0.1) is 20.8 Å². The number of rotatable bonds is 8. The van der Waals surface area contributed by atoms with Crippen LogP contribution < -0.4 is 5.32 Å². The van der Waals surface area contributed by atoms with Crippen LogP contribution in [-0.4, -0.2) is 21.9 Å². The number of pyridine rings is 2. The van der Waals surface area contributed by atoms with Crippen molar-refractivity contribution < 1.29 is 0 Å². The predicted molar refractivity (Wildman–Crippen MR) is 172 cm³/mol. The third kappa shape index (κ3) is 7.90. The minimum Gasteiger partial charge on any atom is -0.316 e. The molecule has 1 saturated heterocycles. The fourth-order valence-electron chi connectivity index (χ4n) is 6.02. The van der Waals surface area contributed by atoms with E-state index in [0.29, 0.717) is 18.0 Å². The maximum Gasteiger partial charge on any atom is 0.0604 e. The standard InChI is InChI=1S/C27H34N4.C10H14/c1-19-8-6-14-29-26(19)24-10-5-11-25(27-20(2)9-7-15-30-27)31(24)18-23-13-12-22(17-28-4)16-21(23)3;1-3-9(2)10-7-5-4-6-8-10/h6-9,12-16,24-25,28H,5,10-11,17-18H2,1-4H3;4-9H,3H2,1-2H3. The number of nitrogens with zero attached hydrogens (tertiary/aromatic N) is 3. The van der Waals surface area contributed by atoms with Crippen LogP contribution in [0.15, 0.2) is 85.2 Å². The Morgan fingerprint density at radius 3 is 1.93 bits per heavy atom.